The number of aromatic hydroxyl groups is 1. The summed E-state index contributed by atoms with van der Waals surface area (Å²) in [6.07, 6.45) is 1.30. The molecule has 3 rings (SSSR count). The van der Waals surface area contributed by atoms with Gasteiger partial charge in [-0.2, -0.15) is 0 Å². The fourth-order valence-electron chi connectivity index (χ4n) is 3.51. The number of quaternary nitrogens is 1. The number of phenols is 1. The number of amides is 2. The van der Waals surface area contributed by atoms with Crippen LogP contribution < -0.4 is 16.0 Å². The number of piperidine rings is 1. The fourth-order valence-corrected chi connectivity index (χ4v) is 3.51. The maximum absolute atomic E-state index is 12.5. The Morgan fingerprint density at radius 1 is 1.33 bits per heavy atom. The van der Waals surface area contributed by atoms with Crippen molar-refractivity contribution < 1.29 is 29.1 Å². The van der Waals surface area contributed by atoms with Gasteiger partial charge < -0.3 is 30.8 Å². The van der Waals surface area contributed by atoms with Crippen LogP contribution in [0.3, 0.4) is 0 Å². The Morgan fingerprint density at radius 2 is 2.04 bits per heavy atom. The first-order valence-corrected chi connectivity index (χ1v) is 8.75. The van der Waals surface area contributed by atoms with Gasteiger partial charge in [0.15, 0.2) is 6.54 Å². The third-order valence-electron chi connectivity index (χ3n) is 4.96. The highest BCUT2D eigenvalue weighted by Gasteiger charge is 2.28. The van der Waals surface area contributed by atoms with E-state index in [2.05, 4.69) is 10.3 Å². The number of fused-ring (bicyclic) bond motifs is 1. The van der Waals surface area contributed by atoms with Crippen molar-refractivity contribution in [1.82, 2.24) is 4.98 Å². The van der Waals surface area contributed by atoms with Crippen LogP contribution in [-0.4, -0.2) is 54.6 Å². The number of rotatable bonds is 5. The highest BCUT2D eigenvalue weighted by atomic mass is 16.5. The fraction of sp³-hybridized carbons (Fsp3) is 0.389. The van der Waals surface area contributed by atoms with E-state index in [4.69, 9.17) is 10.5 Å². The second-order valence-electron chi connectivity index (χ2n) is 6.72. The second-order valence-corrected chi connectivity index (χ2v) is 6.72. The summed E-state index contributed by atoms with van der Waals surface area (Å²) in [6, 6.07) is 4.80. The van der Waals surface area contributed by atoms with Gasteiger partial charge in [0.2, 0.25) is 5.91 Å². The summed E-state index contributed by atoms with van der Waals surface area (Å²) in [6.45, 7) is 1.53. The summed E-state index contributed by atoms with van der Waals surface area (Å²) in [7, 11) is 1.24. The zero-order chi connectivity index (χ0) is 19.6. The van der Waals surface area contributed by atoms with Crippen LogP contribution in [0.25, 0.3) is 10.9 Å². The van der Waals surface area contributed by atoms with E-state index >= 15 is 0 Å². The lowest BCUT2D eigenvalue weighted by atomic mass is 9.96. The monoisotopic (exact) mass is 375 g/mol. The van der Waals surface area contributed by atoms with Crippen molar-refractivity contribution in [2.45, 2.75) is 12.8 Å². The smallest absolute Gasteiger partial charge is 0.356 e. The minimum Gasteiger partial charge on any atom is -0.507 e. The molecular formula is C18H23N4O5+. The molecule has 144 valence electrons. The number of nitrogens with two attached hydrogens (primary N) is 1. The second kappa shape index (κ2) is 7.67. The van der Waals surface area contributed by atoms with E-state index in [-0.39, 0.29) is 41.4 Å². The van der Waals surface area contributed by atoms with Crippen LogP contribution in [0, 0.1) is 5.92 Å². The predicted octanol–water partition coefficient (Wildman–Crippen LogP) is -0.621. The van der Waals surface area contributed by atoms with Gasteiger partial charge in [-0.3, -0.25) is 9.59 Å². The third-order valence-corrected chi connectivity index (χ3v) is 4.96. The maximum atomic E-state index is 12.5. The lowest BCUT2D eigenvalue weighted by molar-refractivity contribution is -0.897. The SMILES string of the molecule is COC(=O)c1[nH]c2cccc(O)c2c1NC(=O)C[NH+]1CCC(C(N)=O)CC1. The molecule has 0 atom stereocenters. The zero-order valence-electron chi connectivity index (χ0n) is 15.0. The number of anilines is 1. The van der Waals surface area contributed by atoms with Crippen molar-refractivity contribution in [3.05, 3.63) is 23.9 Å². The van der Waals surface area contributed by atoms with E-state index in [0.717, 1.165) is 4.90 Å². The molecule has 9 nitrogen and oxygen atoms in total. The third kappa shape index (κ3) is 3.87. The molecular weight excluding hydrogens is 352 g/mol. The largest absolute Gasteiger partial charge is 0.507 e. The minimum atomic E-state index is -0.643. The molecule has 0 saturated carbocycles. The number of nitrogens with one attached hydrogen (secondary N) is 3. The number of phenolic OH excluding ortho intramolecular Hbond substituents is 1. The van der Waals surface area contributed by atoms with E-state index < -0.39 is 5.97 Å². The number of likely N-dealkylation sites (tertiary alicyclic amines) is 1. The first-order valence-electron chi connectivity index (χ1n) is 8.75. The quantitative estimate of drug-likeness (QED) is 0.443. The molecule has 0 bridgehead atoms. The Hall–Kier alpha value is -3.07. The normalized spacial score (nSPS) is 19.6. The summed E-state index contributed by atoms with van der Waals surface area (Å²) < 4.78 is 4.76. The Morgan fingerprint density at radius 3 is 2.67 bits per heavy atom. The molecule has 2 aromatic rings. The molecule has 9 heteroatoms. The molecule has 1 aromatic carbocycles. The lowest BCUT2D eigenvalue weighted by Gasteiger charge is -2.27. The Kier molecular flexibility index (Phi) is 5.31. The van der Waals surface area contributed by atoms with Gasteiger partial charge in [0.1, 0.15) is 11.4 Å². The molecule has 6 N–H and O–H groups in total. The molecule has 2 amide bonds. The lowest BCUT2D eigenvalue weighted by Crippen LogP contribution is -3.14. The van der Waals surface area contributed by atoms with Crippen LogP contribution >= 0.6 is 0 Å². The summed E-state index contributed by atoms with van der Waals surface area (Å²) >= 11 is 0. The van der Waals surface area contributed by atoms with Gasteiger partial charge in [0.25, 0.3) is 5.91 Å². The van der Waals surface area contributed by atoms with Crippen LogP contribution in [0.4, 0.5) is 5.69 Å². The molecule has 1 aliphatic heterocycles. The summed E-state index contributed by atoms with van der Waals surface area (Å²) in [5.41, 5.74) is 6.12. The maximum Gasteiger partial charge on any atom is 0.356 e. The van der Waals surface area contributed by atoms with Gasteiger partial charge in [0.05, 0.1) is 36.8 Å². The zero-order valence-corrected chi connectivity index (χ0v) is 15.0. The number of carbonyl (C=O) groups is 3. The van der Waals surface area contributed by atoms with Crippen molar-refractivity contribution >= 4 is 34.4 Å². The van der Waals surface area contributed by atoms with Gasteiger partial charge in [-0.25, -0.2) is 4.79 Å². The summed E-state index contributed by atoms with van der Waals surface area (Å²) in [4.78, 5) is 39.7. The predicted molar refractivity (Wildman–Crippen MR) is 97.4 cm³/mol. The number of esters is 1. The number of carbonyl (C=O) groups excluding carboxylic acids is 3. The van der Waals surface area contributed by atoms with Crippen molar-refractivity contribution in [3.8, 4) is 5.75 Å². The number of aromatic amines is 1. The van der Waals surface area contributed by atoms with Crippen LogP contribution in [0.15, 0.2) is 18.2 Å². The number of primary amides is 1. The minimum absolute atomic E-state index is 0.0520. The van der Waals surface area contributed by atoms with E-state index in [9.17, 15) is 19.5 Å². The van der Waals surface area contributed by atoms with Crippen LogP contribution in [0.1, 0.15) is 23.3 Å². The number of aromatic nitrogens is 1. The van der Waals surface area contributed by atoms with Crippen molar-refractivity contribution in [2.24, 2.45) is 11.7 Å². The van der Waals surface area contributed by atoms with Crippen LogP contribution in [0.5, 0.6) is 5.75 Å². The van der Waals surface area contributed by atoms with Gasteiger partial charge in [0, 0.05) is 18.8 Å². The number of methoxy groups -OCH3 is 1. The topological polar surface area (TPSA) is 139 Å². The number of ether oxygens (including phenoxy) is 1. The van der Waals surface area contributed by atoms with Crippen molar-refractivity contribution in [2.75, 3.05) is 32.1 Å². The highest BCUT2D eigenvalue weighted by Crippen LogP contribution is 2.34. The van der Waals surface area contributed by atoms with E-state index in [1.165, 1.54) is 13.2 Å². The van der Waals surface area contributed by atoms with Crippen molar-refractivity contribution in [3.63, 3.8) is 0 Å². The molecule has 1 aliphatic rings. The van der Waals surface area contributed by atoms with Crippen LogP contribution in [-0.2, 0) is 14.3 Å². The first kappa shape index (κ1) is 18.7. The van der Waals surface area contributed by atoms with Crippen molar-refractivity contribution in [1.29, 1.82) is 0 Å². The average Bonchev–Trinajstić information content (AvgIpc) is 3.01. The molecule has 2 heterocycles. The first-order chi connectivity index (χ1) is 12.9. The van der Waals surface area contributed by atoms with E-state index in [1.807, 2.05) is 0 Å². The Labute approximate surface area is 155 Å². The number of hydrogen-bond acceptors (Lipinski definition) is 5. The van der Waals surface area contributed by atoms with Gasteiger partial charge in [-0.05, 0) is 12.1 Å². The molecule has 0 aliphatic carbocycles. The molecule has 0 unspecified atom stereocenters. The standard InChI is InChI=1S/C18H22N4O5/c1-27-18(26)16-15(14-11(20-16)3-2-4-12(14)23)21-13(24)9-22-7-5-10(6-8-22)17(19)25/h2-4,10,20,23H,5-9H2,1H3,(H2,19,25)(H,21,24)/p+1. The molecule has 0 spiro atoms. The summed E-state index contributed by atoms with van der Waals surface area (Å²) in [5.74, 6) is -1.42. The summed E-state index contributed by atoms with van der Waals surface area (Å²) in [5, 5.41) is 13.2. The molecule has 1 aromatic heterocycles. The molecule has 27 heavy (non-hydrogen) atoms. The number of H-pyrrole nitrogens is 1. The number of hydrogen-bond donors (Lipinski definition) is 5. The Balaban J connectivity index is 1.77. The molecule has 1 saturated heterocycles. The van der Waals surface area contributed by atoms with Gasteiger partial charge in [-0.15, -0.1) is 0 Å². The van der Waals surface area contributed by atoms with E-state index in [0.29, 0.717) is 36.8 Å². The van der Waals surface area contributed by atoms with Gasteiger partial charge in [-0.1, -0.05) is 6.07 Å². The molecule has 1 fully saturated rings. The highest BCUT2D eigenvalue weighted by molar-refractivity contribution is 6.12. The average molecular weight is 375 g/mol. The Bertz CT molecular complexity index is 883. The number of benzene rings is 1. The van der Waals surface area contributed by atoms with E-state index in [1.54, 1.807) is 12.1 Å². The molecule has 0 radical (unpaired) electrons. The van der Waals surface area contributed by atoms with Crippen LogP contribution in [0.2, 0.25) is 0 Å². The van der Waals surface area contributed by atoms with Gasteiger partial charge >= 0.3 is 5.97 Å².